The second-order valence-electron chi connectivity index (χ2n) is 7.21. The van der Waals surface area contributed by atoms with Gasteiger partial charge in [0.2, 0.25) is 5.91 Å². The summed E-state index contributed by atoms with van der Waals surface area (Å²) in [7, 11) is -2.38. The highest BCUT2D eigenvalue weighted by Gasteiger charge is 2.32. The number of carbonyl (C=O) groups is 1. The number of anilines is 2. The highest BCUT2D eigenvalue weighted by Crippen LogP contribution is 2.28. The molecule has 160 valence electrons. The van der Waals surface area contributed by atoms with Gasteiger partial charge in [-0.15, -0.1) is 0 Å². The third-order valence-corrected chi connectivity index (χ3v) is 6.92. The Kier molecular flexibility index (Phi) is 6.13. The van der Waals surface area contributed by atoms with Crippen LogP contribution in [0.25, 0.3) is 0 Å². The van der Waals surface area contributed by atoms with Crippen molar-refractivity contribution < 1.29 is 13.2 Å². The fraction of sp³-hybridized carbons (Fsp3) is 0.227. The molecular formula is C22H23N5O3S. The van der Waals surface area contributed by atoms with Gasteiger partial charge in [0.05, 0.1) is 28.7 Å². The average Bonchev–Trinajstić information content (AvgIpc) is 2.99. The number of benzene rings is 2. The molecule has 3 rings (SSSR count). The van der Waals surface area contributed by atoms with Crippen LogP contribution in [-0.4, -0.2) is 30.7 Å². The summed E-state index contributed by atoms with van der Waals surface area (Å²) < 4.78 is 29.8. The molecule has 0 atom stereocenters. The summed E-state index contributed by atoms with van der Waals surface area (Å²) in [5.74, 6) is -0.506. The molecule has 31 heavy (non-hydrogen) atoms. The van der Waals surface area contributed by atoms with E-state index >= 15 is 0 Å². The summed E-state index contributed by atoms with van der Waals surface area (Å²) in [6.45, 7) is 4.79. The van der Waals surface area contributed by atoms with E-state index in [9.17, 15) is 13.2 Å². The third-order valence-electron chi connectivity index (χ3n) is 4.90. The van der Waals surface area contributed by atoms with Crippen molar-refractivity contribution in [2.75, 3.05) is 16.2 Å². The lowest BCUT2D eigenvalue weighted by atomic mass is 10.2. The molecule has 0 radical (unpaired) electrons. The Morgan fingerprint density at radius 1 is 1.10 bits per heavy atom. The molecule has 0 spiro atoms. The lowest BCUT2D eigenvalue weighted by Crippen LogP contribution is -2.38. The van der Waals surface area contributed by atoms with Gasteiger partial charge in [-0.25, -0.2) is 8.42 Å². The molecule has 0 unspecified atom stereocenters. The van der Waals surface area contributed by atoms with Gasteiger partial charge < -0.3 is 5.32 Å². The van der Waals surface area contributed by atoms with Gasteiger partial charge in [-0.2, -0.15) is 10.4 Å². The topological polar surface area (TPSA) is 108 Å². The molecule has 0 saturated heterocycles. The lowest BCUT2D eigenvalue weighted by Gasteiger charge is -2.24. The van der Waals surface area contributed by atoms with Crippen LogP contribution < -0.4 is 9.62 Å². The molecule has 1 aromatic heterocycles. The maximum absolute atomic E-state index is 13.6. The summed E-state index contributed by atoms with van der Waals surface area (Å²) in [5.41, 5.74) is 3.13. The van der Waals surface area contributed by atoms with Crippen LogP contribution in [0.5, 0.6) is 0 Å². The molecule has 0 aliphatic heterocycles. The van der Waals surface area contributed by atoms with Crippen LogP contribution in [0.1, 0.15) is 22.5 Å². The van der Waals surface area contributed by atoms with E-state index in [4.69, 9.17) is 5.26 Å². The largest absolute Gasteiger partial charge is 0.325 e. The molecule has 0 fully saturated rings. The molecule has 2 aromatic carbocycles. The molecule has 0 saturated carbocycles. The molecule has 8 nitrogen and oxygen atoms in total. The molecule has 1 heterocycles. The zero-order valence-corrected chi connectivity index (χ0v) is 18.6. The summed E-state index contributed by atoms with van der Waals surface area (Å²) in [6.07, 6.45) is 0. The maximum Gasteiger partial charge on any atom is 0.268 e. The van der Waals surface area contributed by atoms with E-state index in [1.807, 2.05) is 13.0 Å². The number of rotatable bonds is 6. The minimum absolute atomic E-state index is 0.0850. The van der Waals surface area contributed by atoms with E-state index in [0.717, 1.165) is 9.87 Å². The summed E-state index contributed by atoms with van der Waals surface area (Å²) in [5, 5.41) is 15.8. The number of nitrogens with one attached hydrogen (secondary N) is 1. The number of aryl methyl sites for hydroxylation is 3. The fourth-order valence-electron chi connectivity index (χ4n) is 3.22. The molecule has 0 bridgehead atoms. The monoisotopic (exact) mass is 437 g/mol. The summed E-state index contributed by atoms with van der Waals surface area (Å²) >= 11 is 0. The predicted molar refractivity (Wildman–Crippen MR) is 118 cm³/mol. The zero-order valence-electron chi connectivity index (χ0n) is 17.7. The van der Waals surface area contributed by atoms with Crippen molar-refractivity contribution in [2.45, 2.75) is 25.7 Å². The van der Waals surface area contributed by atoms with Gasteiger partial charge in [0.1, 0.15) is 11.4 Å². The van der Waals surface area contributed by atoms with Crippen LogP contribution in [0, 0.1) is 32.1 Å². The van der Waals surface area contributed by atoms with E-state index < -0.39 is 22.5 Å². The molecule has 1 N–H and O–H groups in total. The molecule has 3 aromatic rings. The smallest absolute Gasteiger partial charge is 0.268 e. The van der Waals surface area contributed by atoms with Crippen molar-refractivity contribution in [3.63, 3.8) is 0 Å². The van der Waals surface area contributed by atoms with Gasteiger partial charge in [0.25, 0.3) is 10.0 Å². The first-order valence-corrected chi connectivity index (χ1v) is 11.0. The first kappa shape index (κ1) is 22.1. The number of nitrogens with zero attached hydrogens (tertiary/aromatic N) is 4. The van der Waals surface area contributed by atoms with E-state index in [2.05, 4.69) is 10.4 Å². The van der Waals surface area contributed by atoms with E-state index in [-0.39, 0.29) is 4.90 Å². The van der Waals surface area contributed by atoms with Crippen molar-refractivity contribution in [3.05, 3.63) is 71.0 Å². The average molecular weight is 438 g/mol. The Bertz CT molecular complexity index is 1250. The first-order chi connectivity index (χ1) is 14.6. The van der Waals surface area contributed by atoms with E-state index in [0.29, 0.717) is 28.3 Å². The van der Waals surface area contributed by atoms with Crippen molar-refractivity contribution >= 4 is 27.3 Å². The number of hydrogen-bond acceptors (Lipinski definition) is 5. The van der Waals surface area contributed by atoms with Crippen LogP contribution >= 0.6 is 0 Å². The van der Waals surface area contributed by atoms with Crippen LogP contribution in [0.3, 0.4) is 0 Å². The molecular weight excluding hydrogens is 414 g/mol. The maximum atomic E-state index is 13.6. The van der Waals surface area contributed by atoms with Gasteiger partial charge in [-0.05, 0) is 57.2 Å². The van der Waals surface area contributed by atoms with E-state index in [1.54, 1.807) is 69.4 Å². The Morgan fingerprint density at radius 3 is 2.23 bits per heavy atom. The summed E-state index contributed by atoms with van der Waals surface area (Å²) in [6, 6.07) is 15.3. The Balaban J connectivity index is 1.97. The van der Waals surface area contributed by atoms with Crippen molar-refractivity contribution in [1.82, 2.24) is 9.78 Å². The lowest BCUT2D eigenvalue weighted by molar-refractivity contribution is -0.114. The van der Waals surface area contributed by atoms with Gasteiger partial charge >= 0.3 is 0 Å². The van der Waals surface area contributed by atoms with Crippen LogP contribution in [0.15, 0.2) is 53.4 Å². The Hall–Kier alpha value is -3.64. The normalized spacial score (nSPS) is 11.1. The number of nitriles is 1. The number of amides is 1. The van der Waals surface area contributed by atoms with Crippen molar-refractivity contribution in [3.8, 4) is 6.07 Å². The standard InChI is InChI=1S/C22H23N5O3S/c1-15-5-11-20(12-6-15)27(31(29,30)22-16(2)25-26(4)17(22)3)14-21(28)24-19-9-7-18(13-23)8-10-19/h5-12H,14H2,1-4H3,(H,24,28). The zero-order chi connectivity index (χ0) is 22.8. The number of carbonyl (C=O) groups excluding carboxylic acids is 1. The first-order valence-electron chi connectivity index (χ1n) is 9.53. The predicted octanol–water partition coefficient (Wildman–Crippen LogP) is 3.05. The van der Waals surface area contributed by atoms with Crippen molar-refractivity contribution in [1.29, 1.82) is 5.26 Å². The van der Waals surface area contributed by atoms with Crippen LogP contribution in [-0.2, 0) is 21.9 Å². The molecule has 0 aliphatic carbocycles. The fourth-order valence-corrected chi connectivity index (χ4v) is 5.05. The minimum Gasteiger partial charge on any atom is -0.325 e. The van der Waals surface area contributed by atoms with Crippen molar-refractivity contribution in [2.24, 2.45) is 7.05 Å². The number of aromatic nitrogens is 2. The number of sulfonamides is 1. The van der Waals surface area contributed by atoms with Gasteiger partial charge in [-0.3, -0.25) is 13.8 Å². The van der Waals surface area contributed by atoms with Crippen LogP contribution in [0.2, 0.25) is 0 Å². The van der Waals surface area contributed by atoms with Gasteiger partial charge in [0.15, 0.2) is 0 Å². The minimum atomic E-state index is -4.06. The quantitative estimate of drug-likeness (QED) is 0.638. The second kappa shape index (κ2) is 8.62. The van der Waals surface area contributed by atoms with Gasteiger partial charge in [-0.1, -0.05) is 17.7 Å². The number of hydrogen-bond donors (Lipinski definition) is 1. The third kappa shape index (κ3) is 4.59. The molecule has 1 amide bonds. The van der Waals surface area contributed by atoms with Crippen LogP contribution in [0.4, 0.5) is 11.4 Å². The SMILES string of the molecule is Cc1ccc(N(CC(=O)Nc2ccc(C#N)cc2)S(=O)(=O)c2c(C)nn(C)c2C)cc1. The Morgan fingerprint density at radius 2 is 1.71 bits per heavy atom. The van der Waals surface area contributed by atoms with E-state index in [1.165, 1.54) is 4.68 Å². The highest BCUT2D eigenvalue weighted by molar-refractivity contribution is 7.93. The Labute approximate surface area is 181 Å². The second-order valence-corrected chi connectivity index (χ2v) is 9.01. The molecule has 0 aliphatic rings. The molecule has 9 heteroatoms. The highest BCUT2D eigenvalue weighted by atomic mass is 32.2. The summed E-state index contributed by atoms with van der Waals surface area (Å²) in [4.78, 5) is 12.9. The van der Waals surface area contributed by atoms with Gasteiger partial charge in [0, 0.05) is 12.7 Å².